The highest BCUT2D eigenvalue weighted by Gasteiger charge is 2.52. The van der Waals surface area contributed by atoms with Crippen molar-refractivity contribution in [3.63, 3.8) is 0 Å². The summed E-state index contributed by atoms with van der Waals surface area (Å²) in [5.41, 5.74) is 0.673. The van der Waals surface area contributed by atoms with Gasteiger partial charge in [0.25, 0.3) is 0 Å². The number of aromatic nitrogens is 2. The van der Waals surface area contributed by atoms with Crippen molar-refractivity contribution in [1.82, 2.24) is 14.7 Å². The summed E-state index contributed by atoms with van der Waals surface area (Å²) in [5.74, 6) is -0.643. The molecule has 1 amide bonds. The molecule has 2 aromatic carbocycles. The van der Waals surface area contributed by atoms with Gasteiger partial charge >= 0.3 is 13.2 Å². The first-order valence-electron chi connectivity index (χ1n) is 16.8. The normalized spacial score (nSPS) is 19.7. The summed E-state index contributed by atoms with van der Waals surface area (Å²) in [7, 11) is 0.896. The molecule has 1 aromatic heterocycles. The zero-order valence-corrected chi connectivity index (χ0v) is 29.6. The van der Waals surface area contributed by atoms with Gasteiger partial charge in [-0.2, -0.15) is 4.39 Å². The molecule has 3 aromatic rings. The van der Waals surface area contributed by atoms with Gasteiger partial charge in [0.2, 0.25) is 5.95 Å². The van der Waals surface area contributed by atoms with Crippen LogP contribution in [0.1, 0.15) is 98.4 Å². The summed E-state index contributed by atoms with van der Waals surface area (Å²) in [6.07, 6.45) is 2.14. The Morgan fingerprint density at radius 3 is 2.33 bits per heavy atom. The highest BCUT2D eigenvalue weighted by atomic mass is 19.1. The summed E-state index contributed by atoms with van der Waals surface area (Å²) in [5, 5.41) is 4.34. The second-order valence-electron chi connectivity index (χ2n) is 14.5. The smallest absolute Gasteiger partial charge is 0.491 e. The molecule has 0 radical (unpaired) electrons. The summed E-state index contributed by atoms with van der Waals surface area (Å²) in [4.78, 5) is 13.8. The summed E-state index contributed by atoms with van der Waals surface area (Å²) in [6, 6.07) is 10.1. The highest BCUT2D eigenvalue weighted by Crippen LogP contribution is 2.43. The number of benzene rings is 2. The van der Waals surface area contributed by atoms with E-state index in [0.717, 1.165) is 18.3 Å². The molecule has 2 aliphatic rings. The number of likely N-dealkylation sites (N-methyl/N-ethyl adjacent to an activating group) is 1. The van der Waals surface area contributed by atoms with Gasteiger partial charge in [0.05, 0.1) is 28.6 Å². The predicted molar refractivity (Wildman–Crippen MR) is 182 cm³/mol. The summed E-state index contributed by atoms with van der Waals surface area (Å²) >= 11 is 0. The number of ether oxygens (including phenoxy) is 3. The molecule has 5 rings (SSSR count). The highest BCUT2D eigenvalue weighted by molar-refractivity contribution is 6.56. The number of fused-ring (bicyclic) bond motifs is 1. The number of hydrogen-bond acceptors (Lipinski definition) is 7. The average molecular weight is 668 g/mol. The number of carbonyl (C=O) groups is 1. The van der Waals surface area contributed by atoms with E-state index in [2.05, 4.69) is 5.10 Å². The van der Waals surface area contributed by atoms with E-state index in [-0.39, 0.29) is 17.6 Å². The van der Waals surface area contributed by atoms with Crippen LogP contribution >= 0.6 is 0 Å². The van der Waals surface area contributed by atoms with Crippen molar-refractivity contribution in [2.75, 3.05) is 26.8 Å². The molecular formula is C36H48BF2N3O6. The van der Waals surface area contributed by atoms with E-state index in [0.29, 0.717) is 48.4 Å². The number of rotatable bonds is 9. The van der Waals surface area contributed by atoms with E-state index in [1.54, 1.807) is 19.2 Å². The molecule has 0 spiro atoms. The first-order chi connectivity index (χ1) is 22.5. The molecule has 260 valence electrons. The molecule has 2 saturated heterocycles. The van der Waals surface area contributed by atoms with Crippen molar-refractivity contribution < 1.29 is 37.1 Å². The van der Waals surface area contributed by atoms with Crippen molar-refractivity contribution in [1.29, 1.82) is 0 Å². The number of hydrogen-bond donors (Lipinski definition) is 0. The number of carbonyl (C=O) groups excluding carboxylic acids is 1. The second-order valence-corrected chi connectivity index (χ2v) is 14.5. The zero-order valence-electron chi connectivity index (χ0n) is 29.6. The summed E-state index contributed by atoms with van der Waals surface area (Å²) in [6.45, 7) is 16.4. The van der Waals surface area contributed by atoms with Crippen LogP contribution in [0.2, 0.25) is 0 Å². The lowest BCUT2D eigenvalue weighted by atomic mass is 9.70. The molecule has 0 bridgehead atoms. The molecule has 1 unspecified atom stereocenters. The van der Waals surface area contributed by atoms with Gasteiger partial charge < -0.3 is 28.4 Å². The van der Waals surface area contributed by atoms with Gasteiger partial charge in [-0.3, -0.25) is 0 Å². The topological polar surface area (TPSA) is 84.3 Å². The molecule has 0 N–H and O–H groups in total. The molecule has 2 aliphatic heterocycles. The fraction of sp³-hybridized carbons (Fsp3) is 0.556. The summed E-state index contributed by atoms with van der Waals surface area (Å²) < 4.78 is 63.4. The Morgan fingerprint density at radius 2 is 1.75 bits per heavy atom. The molecule has 0 aliphatic carbocycles. The zero-order chi connectivity index (χ0) is 35.0. The molecule has 48 heavy (non-hydrogen) atoms. The minimum atomic E-state index is -0.757. The van der Waals surface area contributed by atoms with Gasteiger partial charge in [-0.25, -0.2) is 13.9 Å². The maximum Gasteiger partial charge on any atom is 0.491 e. The van der Waals surface area contributed by atoms with Crippen LogP contribution in [-0.2, 0) is 18.8 Å². The fourth-order valence-electron chi connectivity index (χ4n) is 5.86. The molecule has 0 saturated carbocycles. The van der Waals surface area contributed by atoms with Crippen LogP contribution in [0.3, 0.4) is 0 Å². The Balaban J connectivity index is 1.50. The maximum absolute atomic E-state index is 16.4. The standard InChI is InChI=1S/C36H48BF2N3O6/c1-10-27(37-47-35(5,6)36(7,8)48-37)31(23-14-16-24(17-15-23)44-20-18-41(9)33(43)46-34(2,3)4)25-21-26-29(22-28(25)38)42(40-32(26)39)30-13-11-12-19-45-30/h14-17,21-22,30H,10-13,18-20H2,1-9H3/b31-27+. The number of halogens is 2. The Morgan fingerprint density at radius 1 is 1.08 bits per heavy atom. The van der Waals surface area contributed by atoms with E-state index in [1.165, 1.54) is 21.7 Å². The van der Waals surface area contributed by atoms with Crippen LogP contribution in [0, 0.1) is 11.8 Å². The van der Waals surface area contributed by atoms with E-state index < -0.39 is 48.0 Å². The molecule has 2 fully saturated rings. The van der Waals surface area contributed by atoms with E-state index in [4.69, 9.17) is 23.5 Å². The first kappa shape index (κ1) is 35.8. The predicted octanol–water partition coefficient (Wildman–Crippen LogP) is 8.10. The van der Waals surface area contributed by atoms with E-state index in [9.17, 15) is 4.79 Å². The van der Waals surface area contributed by atoms with Gasteiger partial charge in [-0.05, 0) is 109 Å². The van der Waals surface area contributed by atoms with Crippen molar-refractivity contribution >= 4 is 29.7 Å². The third kappa shape index (κ3) is 7.55. The molecule has 3 heterocycles. The van der Waals surface area contributed by atoms with Crippen molar-refractivity contribution in [3.8, 4) is 5.75 Å². The van der Waals surface area contributed by atoms with Crippen LogP contribution in [-0.4, -0.2) is 71.5 Å². The SMILES string of the molecule is CC/C(B1OC(C)(C)C(C)(C)O1)=C(/c1ccc(OCCN(C)C(=O)OC(C)(C)C)cc1)c1cc2c(F)nn(C3CCCCO3)c2cc1F. The molecule has 1 atom stereocenters. The Kier molecular flexibility index (Phi) is 10.3. The molecule has 12 heteroatoms. The Bertz CT molecular complexity index is 1640. The fourth-order valence-corrected chi connectivity index (χ4v) is 5.86. The van der Waals surface area contributed by atoms with Crippen molar-refractivity contribution in [2.45, 2.75) is 104 Å². The lowest BCUT2D eigenvalue weighted by Crippen LogP contribution is -2.41. The third-order valence-corrected chi connectivity index (χ3v) is 9.23. The number of amides is 1. The van der Waals surface area contributed by atoms with E-state index >= 15 is 8.78 Å². The van der Waals surface area contributed by atoms with Crippen LogP contribution in [0.25, 0.3) is 16.5 Å². The van der Waals surface area contributed by atoms with Crippen LogP contribution < -0.4 is 4.74 Å². The second kappa shape index (κ2) is 13.8. The lowest BCUT2D eigenvalue weighted by molar-refractivity contribution is -0.0375. The monoisotopic (exact) mass is 667 g/mol. The number of nitrogens with zero attached hydrogens (tertiary/aromatic N) is 3. The number of allylic oxidation sites excluding steroid dienone is 1. The molecular weight excluding hydrogens is 619 g/mol. The third-order valence-electron chi connectivity index (χ3n) is 9.23. The van der Waals surface area contributed by atoms with E-state index in [1.807, 2.05) is 67.5 Å². The van der Waals surface area contributed by atoms with Crippen LogP contribution in [0.5, 0.6) is 5.75 Å². The lowest BCUT2D eigenvalue weighted by Gasteiger charge is -2.32. The van der Waals surface area contributed by atoms with Gasteiger partial charge in [0.15, 0.2) is 6.23 Å². The van der Waals surface area contributed by atoms with Crippen molar-refractivity contribution in [3.05, 3.63) is 64.8 Å². The Labute approximate surface area is 282 Å². The van der Waals surface area contributed by atoms with Gasteiger partial charge in [-0.1, -0.05) is 19.1 Å². The van der Waals surface area contributed by atoms with Crippen molar-refractivity contribution in [2.24, 2.45) is 0 Å². The quantitative estimate of drug-likeness (QED) is 0.213. The maximum atomic E-state index is 16.4. The molecule has 9 nitrogen and oxygen atoms in total. The average Bonchev–Trinajstić information content (AvgIpc) is 3.45. The van der Waals surface area contributed by atoms with Crippen LogP contribution in [0.15, 0.2) is 41.9 Å². The first-order valence-corrected chi connectivity index (χ1v) is 16.8. The Hall–Kier alpha value is -3.48. The van der Waals surface area contributed by atoms with Gasteiger partial charge in [0.1, 0.15) is 23.8 Å². The van der Waals surface area contributed by atoms with Gasteiger partial charge in [0, 0.05) is 25.3 Å². The largest absolute Gasteiger partial charge is 0.492 e. The van der Waals surface area contributed by atoms with Gasteiger partial charge in [-0.15, -0.1) is 5.10 Å². The van der Waals surface area contributed by atoms with Crippen LogP contribution in [0.4, 0.5) is 13.6 Å². The minimum absolute atomic E-state index is 0.205. The minimum Gasteiger partial charge on any atom is -0.492 e.